The molecule has 0 aliphatic carbocycles. The summed E-state index contributed by atoms with van der Waals surface area (Å²) in [6.45, 7) is 10.5. The molecule has 1 aromatic rings. The van der Waals surface area contributed by atoms with Crippen LogP contribution in [0.2, 0.25) is 0 Å². The third kappa shape index (κ3) is 2.25. The fraction of sp³-hybridized carbons (Fsp3) is 0.643. The maximum Gasteiger partial charge on any atom is 0.0897 e. The van der Waals surface area contributed by atoms with E-state index in [2.05, 4.69) is 33.7 Å². The molecule has 2 unspecified atom stereocenters. The molecule has 0 N–H and O–H groups in total. The van der Waals surface area contributed by atoms with Crippen LogP contribution in [-0.4, -0.2) is 46.5 Å². The topological polar surface area (TPSA) is 19.4 Å². The predicted octanol–water partition coefficient (Wildman–Crippen LogP) is 2.29. The lowest BCUT2D eigenvalue weighted by atomic mass is 10.1. The number of aryl methyl sites for hydroxylation is 1. The minimum absolute atomic E-state index is 0.743. The lowest BCUT2D eigenvalue weighted by Crippen LogP contribution is -2.36. The van der Waals surface area contributed by atoms with Crippen molar-refractivity contribution >= 4 is 11.3 Å². The Labute approximate surface area is 113 Å². The van der Waals surface area contributed by atoms with Crippen molar-refractivity contribution in [2.45, 2.75) is 38.4 Å². The summed E-state index contributed by atoms with van der Waals surface area (Å²) in [6, 6.07) is 1.50. The van der Waals surface area contributed by atoms with Gasteiger partial charge in [0.1, 0.15) is 0 Å². The number of fused-ring (bicyclic) bond motifs is 1. The van der Waals surface area contributed by atoms with Gasteiger partial charge in [-0.15, -0.1) is 17.9 Å². The van der Waals surface area contributed by atoms with E-state index in [9.17, 15) is 0 Å². The number of nitrogens with zero attached hydrogens (tertiary/aromatic N) is 3. The summed E-state index contributed by atoms with van der Waals surface area (Å²) in [6.07, 6.45) is 4.65. The van der Waals surface area contributed by atoms with Gasteiger partial charge >= 0.3 is 0 Å². The van der Waals surface area contributed by atoms with Crippen LogP contribution < -0.4 is 0 Å². The Kier molecular flexibility index (Phi) is 3.50. The van der Waals surface area contributed by atoms with Gasteiger partial charge in [0.15, 0.2) is 0 Å². The molecule has 2 aliphatic rings. The lowest BCUT2D eigenvalue weighted by Gasteiger charge is -2.24. The Morgan fingerprint density at radius 2 is 2.11 bits per heavy atom. The highest BCUT2D eigenvalue weighted by Crippen LogP contribution is 2.32. The van der Waals surface area contributed by atoms with Crippen LogP contribution in [0.1, 0.15) is 23.5 Å². The summed E-state index contributed by atoms with van der Waals surface area (Å²) in [5.41, 5.74) is 1.25. The second-order valence-corrected chi connectivity index (χ2v) is 6.39. The number of thiazole rings is 1. The van der Waals surface area contributed by atoms with E-state index in [0.717, 1.165) is 25.2 Å². The smallest absolute Gasteiger partial charge is 0.0897 e. The van der Waals surface area contributed by atoms with Crippen LogP contribution in [-0.2, 0) is 6.54 Å². The molecule has 4 heteroatoms. The van der Waals surface area contributed by atoms with Crippen LogP contribution in [0, 0.1) is 6.92 Å². The van der Waals surface area contributed by atoms with E-state index < -0.39 is 0 Å². The van der Waals surface area contributed by atoms with Crippen LogP contribution in [0.5, 0.6) is 0 Å². The molecule has 3 rings (SSSR count). The third-order valence-corrected chi connectivity index (χ3v) is 5.02. The molecule has 0 bridgehead atoms. The molecule has 3 heterocycles. The Morgan fingerprint density at radius 1 is 1.39 bits per heavy atom. The van der Waals surface area contributed by atoms with Gasteiger partial charge in [0.05, 0.1) is 10.7 Å². The third-order valence-electron chi connectivity index (χ3n) is 4.20. The lowest BCUT2D eigenvalue weighted by molar-refractivity contribution is 0.224. The van der Waals surface area contributed by atoms with E-state index in [4.69, 9.17) is 0 Å². The summed E-state index contributed by atoms with van der Waals surface area (Å²) < 4.78 is 0. The van der Waals surface area contributed by atoms with Gasteiger partial charge in [-0.1, -0.05) is 6.08 Å². The van der Waals surface area contributed by atoms with E-state index in [-0.39, 0.29) is 0 Å². The summed E-state index contributed by atoms with van der Waals surface area (Å²) >= 11 is 1.76. The maximum atomic E-state index is 4.59. The second-order valence-electron chi connectivity index (χ2n) is 5.32. The van der Waals surface area contributed by atoms with Gasteiger partial charge in [-0.2, -0.15) is 0 Å². The van der Waals surface area contributed by atoms with Crippen LogP contribution in [0.15, 0.2) is 18.0 Å². The zero-order valence-corrected chi connectivity index (χ0v) is 11.8. The molecule has 2 aliphatic heterocycles. The molecule has 2 saturated heterocycles. The molecular weight excluding hydrogens is 242 g/mol. The largest absolute Gasteiger partial charge is 0.295 e. The number of hydrogen-bond donors (Lipinski definition) is 0. The highest BCUT2D eigenvalue weighted by atomic mass is 32.1. The molecule has 3 nitrogen and oxygen atoms in total. The number of aromatic nitrogens is 1. The summed E-state index contributed by atoms with van der Waals surface area (Å²) in [4.78, 5) is 9.81. The normalized spacial score (nSPS) is 28.7. The van der Waals surface area contributed by atoms with Gasteiger partial charge < -0.3 is 0 Å². The minimum Gasteiger partial charge on any atom is -0.295 e. The van der Waals surface area contributed by atoms with Crippen molar-refractivity contribution in [2.24, 2.45) is 0 Å². The average Bonchev–Trinajstić information content (AvgIpc) is 3.01. The molecule has 2 atom stereocenters. The van der Waals surface area contributed by atoms with Crippen molar-refractivity contribution in [1.29, 1.82) is 0 Å². The fourth-order valence-electron chi connectivity index (χ4n) is 3.44. The van der Waals surface area contributed by atoms with Crippen molar-refractivity contribution in [3.8, 4) is 0 Å². The Morgan fingerprint density at radius 3 is 2.78 bits per heavy atom. The van der Waals surface area contributed by atoms with Crippen LogP contribution >= 0.6 is 11.3 Å². The van der Waals surface area contributed by atoms with Crippen molar-refractivity contribution in [2.75, 3.05) is 19.6 Å². The van der Waals surface area contributed by atoms with E-state index in [1.807, 2.05) is 6.08 Å². The minimum atomic E-state index is 0.743. The van der Waals surface area contributed by atoms with Crippen molar-refractivity contribution < 1.29 is 0 Å². The SMILES string of the molecule is C=CCN1CCC2C1CCN2Cc1csc(C)n1. The maximum absolute atomic E-state index is 4.59. The average molecular weight is 263 g/mol. The summed E-state index contributed by atoms with van der Waals surface area (Å²) in [5.74, 6) is 0. The molecule has 98 valence electrons. The predicted molar refractivity (Wildman–Crippen MR) is 75.8 cm³/mol. The summed E-state index contributed by atoms with van der Waals surface area (Å²) in [7, 11) is 0. The van der Waals surface area contributed by atoms with Gasteiger partial charge in [-0.05, 0) is 19.8 Å². The molecule has 0 amide bonds. The molecule has 0 saturated carbocycles. The Balaban J connectivity index is 1.64. The zero-order chi connectivity index (χ0) is 12.5. The monoisotopic (exact) mass is 263 g/mol. The molecule has 2 fully saturated rings. The zero-order valence-electron chi connectivity index (χ0n) is 11.0. The van der Waals surface area contributed by atoms with Crippen LogP contribution in [0.3, 0.4) is 0 Å². The molecule has 1 aromatic heterocycles. The van der Waals surface area contributed by atoms with Gasteiger partial charge in [-0.25, -0.2) is 4.98 Å². The Bertz CT molecular complexity index is 428. The van der Waals surface area contributed by atoms with Gasteiger partial charge in [0, 0.05) is 43.6 Å². The van der Waals surface area contributed by atoms with Crippen molar-refractivity contribution in [1.82, 2.24) is 14.8 Å². The fourth-order valence-corrected chi connectivity index (χ4v) is 4.05. The molecule has 18 heavy (non-hydrogen) atoms. The van der Waals surface area contributed by atoms with E-state index in [1.165, 1.54) is 36.6 Å². The first-order chi connectivity index (χ1) is 8.78. The van der Waals surface area contributed by atoms with Crippen molar-refractivity contribution in [3.05, 3.63) is 28.7 Å². The van der Waals surface area contributed by atoms with Gasteiger partial charge in [0.25, 0.3) is 0 Å². The van der Waals surface area contributed by atoms with E-state index in [1.54, 1.807) is 11.3 Å². The molecule has 0 radical (unpaired) electrons. The standard InChI is InChI=1S/C14H21N3S/c1-3-6-16-7-4-14-13(16)5-8-17(14)9-12-10-18-11(2)15-12/h3,10,13-14H,1,4-9H2,2H3. The first kappa shape index (κ1) is 12.3. The Hall–Kier alpha value is -0.710. The molecule has 0 spiro atoms. The highest BCUT2D eigenvalue weighted by Gasteiger charge is 2.41. The van der Waals surface area contributed by atoms with Gasteiger partial charge in [0.2, 0.25) is 0 Å². The van der Waals surface area contributed by atoms with E-state index >= 15 is 0 Å². The molecular formula is C14H21N3S. The summed E-state index contributed by atoms with van der Waals surface area (Å²) in [5, 5.41) is 3.39. The van der Waals surface area contributed by atoms with Crippen LogP contribution in [0.25, 0.3) is 0 Å². The van der Waals surface area contributed by atoms with Gasteiger partial charge in [-0.3, -0.25) is 9.80 Å². The van der Waals surface area contributed by atoms with Crippen molar-refractivity contribution in [3.63, 3.8) is 0 Å². The number of likely N-dealkylation sites (tertiary alicyclic amines) is 2. The first-order valence-electron chi connectivity index (χ1n) is 6.78. The van der Waals surface area contributed by atoms with E-state index in [0.29, 0.717) is 0 Å². The number of rotatable bonds is 4. The number of hydrogen-bond acceptors (Lipinski definition) is 4. The quantitative estimate of drug-likeness (QED) is 0.777. The molecule has 0 aromatic carbocycles. The second kappa shape index (κ2) is 5.11. The first-order valence-corrected chi connectivity index (χ1v) is 7.66. The highest BCUT2D eigenvalue weighted by molar-refractivity contribution is 7.09. The van der Waals surface area contributed by atoms with Crippen LogP contribution in [0.4, 0.5) is 0 Å².